The van der Waals surface area contributed by atoms with E-state index in [9.17, 15) is 9.59 Å². The third-order valence-electron chi connectivity index (χ3n) is 2.85. The number of H-pyrrole nitrogens is 1. The largest absolute Gasteiger partial charge is 0.345 e. The van der Waals surface area contributed by atoms with Crippen LogP contribution in [0.15, 0.2) is 41.3 Å². The summed E-state index contributed by atoms with van der Waals surface area (Å²) in [5.41, 5.74) is 0.450. The topological polar surface area (TPSA) is 62.0 Å². The molecular weight excluding hydrogens is 299 g/mol. The lowest BCUT2D eigenvalue weighted by atomic mass is 10.1. The fourth-order valence-corrected chi connectivity index (χ4v) is 2.05. The van der Waals surface area contributed by atoms with Crippen LogP contribution >= 0.6 is 23.2 Å². The van der Waals surface area contributed by atoms with E-state index in [1.165, 1.54) is 12.3 Å². The van der Waals surface area contributed by atoms with Gasteiger partial charge in [0, 0.05) is 6.20 Å². The van der Waals surface area contributed by atoms with Crippen molar-refractivity contribution in [2.45, 2.75) is 13.0 Å². The summed E-state index contributed by atoms with van der Waals surface area (Å²) in [6.07, 6.45) is 1.47. The molecule has 2 aromatic rings. The summed E-state index contributed by atoms with van der Waals surface area (Å²) in [5.74, 6) is -0.439. The summed E-state index contributed by atoms with van der Waals surface area (Å²) in [4.78, 5) is 26.0. The molecule has 0 saturated carbocycles. The molecule has 4 nitrogen and oxygen atoms in total. The van der Waals surface area contributed by atoms with Gasteiger partial charge in [-0.05, 0) is 36.8 Å². The Morgan fingerprint density at radius 2 is 2.00 bits per heavy atom. The summed E-state index contributed by atoms with van der Waals surface area (Å²) in [6.45, 7) is 1.80. The zero-order valence-electron chi connectivity index (χ0n) is 10.6. The molecule has 0 aliphatic carbocycles. The van der Waals surface area contributed by atoms with Crippen LogP contribution in [0.2, 0.25) is 10.0 Å². The molecule has 2 N–H and O–H groups in total. The molecule has 1 heterocycles. The molecule has 0 unspecified atom stereocenters. The predicted octanol–water partition coefficient (Wildman–Crippen LogP) is 3.17. The number of benzene rings is 1. The van der Waals surface area contributed by atoms with Crippen molar-refractivity contribution in [3.8, 4) is 0 Å². The number of hydrogen-bond donors (Lipinski definition) is 2. The zero-order valence-corrected chi connectivity index (χ0v) is 12.1. The highest BCUT2D eigenvalue weighted by atomic mass is 35.5. The van der Waals surface area contributed by atoms with Gasteiger partial charge in [-0.3, -0.25) is 9.59 Å². The second kappa shape index (κ2) is 6.11. The number of carbonyl (C=O) groups excluding carboxylic acids is 1. The monoisotopic (exact) mass is 310 g/mol. The van der Waals surface area contributed by atoms with E-state index in [2.05, 4.69) is 10.3 Å². The predicted molar refractivity (Wildman–Crippen MR) is 79.4 cm³/mol. The number of aromatic nitrogens is 1. The van der Waals surface area contributed by atoms with Gasteiger partial charge in [0.1, 0.15) is 5.56 Å². The van der Waals surface area contributed by atoms with Crippen molar-refractivity contribution in [1.29, 1.82) is 0 Å². The SMILES string of the molecule is C[C@H](NC(=O)c1ccc[nH]c1=O)c1ccc(Cl)c(Cl)c1. The van der Waals surface area contributed by atoms with Gasteiger partial charge in [-0.1, -0.05) is 29.3 Å². The van der Waals surface area contributed by atoms with Crippen LogP contribution in [0, 0.1) is 0 Å². The van der Waals surface area contributed by atoms with Gasteiger partial charge in [-0.15, -0.1) is 0 Å². The van der Waals surface area contributed by atoms with Crippen LogP contribution in [0.3, 0.4) is 0 Å². The van der Waals surface area contributed by atoms with E-state index >= 15 is 0 Å². The minimum Gasteiger partial charge on any atom is -0.345 e. The van der Waals surface area contributed by atoms with Gasteiger partial charge in [0.2, 0.25) is 0 Å². The molecule has 104 valence electrons. The standard InChI is InChI=1S/C14H12Cl2N2O2/c1-8(9-4-5-11(15)12(16)7-9)18-14(20)10-3-2-6-17-13(10)19/h2-8H,1H3,(H,17,19)(H,18,20)/t8-/m0/s1. The third-order valence-corrected chi connectivity index (χ3v) is 3.59. The second-order valence-corrected chi connectivity index (χ2v) is 5.10. The molecule has 20 heavy (non-hydrogen) atoms. The molecule has 1 aromatic heterocycles. The quantitative estimate of drug-likeness (QED) is 0.914. The first-order valence-corrected chi connectivity index (χ1v) is 6.68. The smallest absolute Gasteiger partial charge is 0.260 e. The third kappa shape index (κ3) is 3.21. The van der Waals surface area contributed by atoms with Crippen LogP contribution in [0.5, 0.6) is 0 Å². The minimum absolute atomic E-state index is 0.0689. The van der Waals surface area contributed by atoms with Gasteiger partial charge in [0.05, 0.1) is 16.1 Å². The first-order chi connectivity index (χ1) is 9.49. The van der Waals surface area contributed by atoms with E-state index in [1.54, 1.807) is 31.2 Å². The molecule has 0 saturated heterocycles. The maximum absolute atomic E-state index is 12.0. The van der Waals surface area contributed by atoms with E-state index in [4.69, 9.17) is 23.2 Å². The Labute approximate surface area is 125 Å². The van der Waals surface area contributed by atoms with Crippen LogP contribution in [-0.4, -0.2) is 10.9 Å². The molecule has 0 aliphatic heterocycles. The van der Waals surface area contributed by atoms with Gasteiger partial charge in [0.25, 0.3) is 11.5 Å². The number of rotatable bonds is 3. The average molecular weight is 311 g/mol. The maximum Gasteiger partial charge on any atom is 0.260 e. The Kier molecular flexibility index (Phi) is 4.47. The minimum atomic E-state index is -0.439. The number of nitrogens with one attached hydrogen (secondary N) is 2. The van der Waals surface area contributed by atoms with Crippen LogP contribution < -0.4 is 10.9 Å². The molecule has 0 aliphatic rings. The first kappa shape index (κ1) is 14.6. The lowest BCUT2D eigenvalue weighted by Crippen LogP contribution is -2.31. The summed E-state index contributed by atoms with van der Waals surface area (Å²) in [7, 11) is 0. The number of aromatic amines is 1. The molecule has 0 radical (unpaired) electrons. The van der Waals surface area contributed by atoms with Gasteiger partial charge >= 0.3 is 0 Å². The van der Waals surface area contributed by atoms with Crippen molar-refractivity contribution in [3.05, 3.63) is 68.1 Å². The number of amides is 1. The summed E-state index contributed by atoms with van der Waals surface area (Å²) in [5, 5.41) is 3.61. The Hall–Kier alpha value is -1.78. The van der Waals surface area contributed by atoms with E-state index in [0.29, 0.717) is 10.0 Å². The highest BCUT2D eigenvalue weighted by Gasteiger charge is 2.14. The fourth-order valence-electron chi connectivity index (χ4n) is 1.74. The molecule has 1 atom stereocenters. The van der Waals surface area contributed by atoms with Crippen LogP contribution in [0.25, 0.3) is 0 Å². The van der Waals surface area contributed by atoms with Crippen molar-refractivity contribution in [2.75, 3.05) is 0 Å². The van der Waals surface area contributed by atoms with Gasteiger partial charge in [-0.2, -0.15) is 0 Å². The summed E-state index contributed by atoms with van der Waals surface area (Å²) < 4.78 is 0. The van der Waals surface area contributed by atoms with Gasteiger partial charge in [0.15, 0.2) is 0 Å². The molecular formula is C14H12Cl2N2O2. The Morgan fingerprint density at radius 1 is 1.25 bits per heavy atom. The molecule has 1 aromatic carbocycles. The van der Waals surface area contributed by atoms with E-state index in [-0.39, 0.29) is 11.6 Å². The normalized spacial score (nSPS) is 11.9. The zero-order chi connectivity index (χ0) is 14.7. The molecule has 1 amide bonds. The molecule has 0 spiro atoms. The number of hydrogen-bond acceptors (Lipinski definition) is 2. The second-order valence-electron chi connectivity index (χ2n) is 4.28. The maximum atomic E-state index is 12.0. The Bertz CT molecular complexity index is 698. The van der Waals surface area contributed by atoms with Crippen LogP contribution in [0.1, 0.15) is 28.9 Å². The molecule has 0 bridgehead atoms. The molecule has 2 rings (SSSR count). The van der Waals surface area contributed by atoms with Crippen molar-refractivity contribution in [1.82, 2.24) is 10.3 Å². The van der Waals surface area contributed by atoms with Crippen LogP contribution in [0.4, 0.5) is 0 Å². The molecule has 0 fully saturated rings. The summed E-state index contributed by atoms with van der Waals surface area (Å²) >= 11 is 11.8. The van der Waals surface area contributed by atoms with Gasteiger partial charge in [-0.25, -0.2) is 0 Å². The van der Waals surface area contributed by atoms with E-state index < -0.39 is 11.5 Å². The van der Waals surface area contributed by atoms with Gasteiger partial charge < -0.3 is 10.3 Å². The fraction of sp³-hybridized carbons (Fsp3) is 0.143. The lowest BCUT2D eigenvalue weighted by Gasteiger charge is -2.14. The van der Waals surface area contributed by atoms with Crippen molar-refractivity contribution >= 4 is 29.1 Å². The van der Waals surface area contributed by atoms with E-state index in [1.807, 2.05) is 0 Å². The first-order valence-electron chi connectivity index (χ1n) is 5.92. The highest BCUT2D eigenvalue weighted by Crippen LogP contribution is 2.25. The Morgan fingerprint density at radius 3 is 2.65 bits per heavy atom. The van der Waals surface area contributed by atoms with Crippen molar-refractivity contribution in [3.63, 3.8) is 0 Å². The highest BCUT2D eigenvalue weighted by molar-refractivity contribution is 6.42. The van der Waals surface area contributed by atoms with Crippen molar-refractivity contribution in [2.24, 2.45) is 0 Å². The average Bonchev–Trinajstić information content (AvgIpc) is 2.42. The van der Waals surface area contributed by atoms with E-state index in [0.717, 1.165) is 5.56 Å². The lowest BCUT2D eigenvalue weighted by molar-refractivity contribution is 0.0938. The Balaban J connectivity index is 2.17. The number of pyridine rings is 1. The number of carbonyl (C=O) groups is 1. The van der Waals surface area contributed by atoms with Crippen LogP contribution in [-0.2, 0) is 0 Å². The number of halogens is 2. The van der Waals surface area contributed by atoms with Crippen molar-refractivity contribution < 1.29 is 4.79 Å². The summed E-state index contributed by atoms with van der Waals surface area (Å²) in [6, 6.07) is 7.89. The molecule has 6 heteroatoms.